The molecule has 1 unspecified atom stereocenters. The molecule has 5 nitrogen and oxygen atoms in total. The van der Waals surface area contributed by atoms with Gasteiger partial charge in [-0.3, -0.25) is 9.78 Å². The van der Waals surface area contributed by atoms with Crippen LogP contribution in [0.1, 0.15) is 31.4 Å². The third-order valence-corrected chi connectivity index (χ3v) is 3.97. The summed E-state index contributed by atoms with van der Waals surface area (Å²) in [5.41, 5.74) is 0.768. The number of aromatic nitrogens is 2. The Morgan fingerprint density at radius 1 is 1.35 bits per heavy atom. The fourth-order valence-corrected chi connectivity index (χ4v) is 2.75. The monoisotopic (exact) mass is 315 g/mol. The summed E-state index contributed by atoms with van der Waals surface area (Å²) in [5.74, 6) is 0.131. The molecule has 1 aliphatic heterocycles. The zero-order valence-corrected chi connectivity index (χ0v) is 12.9. The number of carbonyl (C=O) groups excluding carboxylic acids is 1. The minimum absolute atomic E-state index is 0.0708. The van der Waals surface area contributed by atoms with E-state index in [1.165, 1.54) is 12.3 Å². The summed E-state index contributed by atoms with van der Waals surface area (Å²) in [6.07, 6.45) is 5.02. The maximum atomic E-state index is 13.7. The molecule has 0 radical (unpaired) electrons. The van der Waals surface area contributed by atoms with E-state index in [1.54, 1.807) is 31.3 Å². The fourth-order valence-electron chi connectivity index (χ4n) is 2.75. The lowest BCUT2D eigenvalue weighted by molar-refractivity contribution is -0.130. The largest absolute Gasteiger partial charge is 0.434 e. The van der Waals surface area contributed by atoms with Crippen molar-refractivity contribution in [2.24, 2.45) is 0 Å². The van der Waals surface area contributed by atoms with Crippen LogP contribution in [-0.2, 0) is 4.79 Å². The second kappa shape index (κ2) is 6.73. The van der Waals surface area contributed by atoms with Crippen molar-refractivity contribution in [2.75, 3.05) is 13.1 Å². The van der Waals surface area contributed by atoms with Gasteiger partial charge in [-0.25, -0.2) is 9.37 Å². The molecule has 1 amide bonds. The van der Waals surface area contributed by atoms with Gasteiger partial charge in [0.2, 0.25) is 11.8 Å². The van der Waals surface area contributed by atoms with Crippen LogP contribution in [0.2, 0.25) is 0 Å². The van der Waals surface area contributed by atoms with Crippen LogP contribution in [0.4, 0.5) is 4.39 Å². The van der Waals surface area contributed by atoms with Crippen LogP contribution in [0.3, 0.4) is 0 Å². The predicted molar refractivity (Wildman–Crippen MR) is 82.7 cm³/mol. The molecule has 0 aliphatic carbocycles. The average Bonchev–Trinajstić information content (AvgIpc) is 2.57. The number of piperidine rings is 1. The lowest BCUT2D eigenvalue weighted by Crippen LogP contribution is -2.37. The first-order chi connectivity index (χ1) is 11.1. The van der Waals surface area contributed by atoms with E-state index < -0.39 is 5.82 Å². The van der Waals surface area contributed by atoms with Crippen molar-refractivity contribution in [1.82, 2.24) is 14.9 Å². The van der Waals surface area contributed by atoms with Crippen LogP contribution in [-0.4, -0.2) is 33.9 Å². The van der Waals surface area contributed by atoms with Gasteiger partial charge in [-0.15, -0.1) is 0 Å². The zero-order valence-electron chi connectivity index (χ0n) is 12.9. The molecule has 2 heterocycles. The van der Waals surface area contributed by atoms with Crippen molar-refractivity contribution in [1.29, 1.82) is 0 Å². The van der Waals surface area contributed by atoms with Crippen LogP contribution < -0.4 is 4.74 Å². The number of para-hydroxylation sites is 1. The van der Waals surface area contributed by atoms with Crippen molar-refractivity contribution in [3.63, 3.8) is 0 Å². The van der Waals surface area contributed by atoms with Crippen LogP contribution in [0.15, 0.2) is 36.7 Å². The first-order valence-electron chi connectivity index (χ1n) is 7.63. The number of nitrogens with zero attached hydrogens (tertiary/aromatic N) is 3. The molecule has 1 aromatic carbocycles. The minimum Gasteiger partial charge on any atom is -0.434 e. The Balaban J connectivity index is 1.77. The highest BCUT2D eigenvalue weighted by Gasteiger charge is 2.24. The second-order valence-corrected chi connectivity index (χ2v) is 5.62. The maximum Gasteiger partial charge on any atom is 0.238 e. The van der Waals surface area contributed by atoms with E-state index in [0.717, 1.165) is 25.1 Å². The highest BCUT2D eigenvalue weighted by atomic mass is 19.1. The number of benzene rings is 1. The zero-order chi connectivity index (χ0) is 16.2. The van der Waals surface area contributed by atoms with Gasteiger partial charge < -0.3 is 9.64 Å². The van der Waals surface area contributed by atoms with Crippen molar-refractivity contribution in [3.8, 4) is 11.6 Å². The van der Waals surface area contributed by atoms with Crippen LogP contribution >= 0.6 is 0 Å². The summed E-state index contributed by atoms with van der Waals surface area (Å²) in [6.45, 7) is 2.99. The van der Waals surface area contributed by atoms with E-state index in [1.807, 2.05) is 4.90 Å². The molecular weight excluding hydrogens is 297 g/mol. The number of carbonyl (C=O) groups is 1. The number of likely N-dealkylation sites (tertiary alicyclic amines) is 1. The van der Waals surface area contributed by atoms with E-state index in [0.29, 0.717) is 6.54 Å². The predicted octanol–water partition coefficient (Wildman–Crippen LogP) is 3.13. The third kappa shape index (κ3) is 3.64. The molecular formula is C17H18FN3O2. The molecule has 23 heavy (non-hydrogen) atoms. The lowest BCUT2D eigenvalue weighted by atomic mass is 9.95. The summed E-state index contributed by atoms with van der Waals surface area (Å²) >= 11 is 0. The SMILES string of the molecule is CC(=O)N1CCCC(c2cncc(Oc3ccccc3F)n2)C1. The van der Waals surface area contributed by atoms with Crippen LogP contribution in [0.5, 0.6) is 11.6 Å². The smallest absolute Gasteiger partial charge is 0.238 e. The molecule has 3 rings (SSSR count). The molecule has 120 valence electrons. The Bertz CT molecular complexity index is 708. The Morgan fingerprint density at radius 2 is 2.17 bits per heavy atom. The first kappa shape index (κ1) is 15.4. The normalized spacial score (nSPS) is 17.8. The second-order valence-electron chi connectivity index (χ2n) is 5.62. The van der Waals surface area contributed by atoms with Gasteiger partial charge in [0, 0.05) is 32.1 Å². The van der Waals surface area contributed by atoms with Gasteiger partial charge in [0.25, 0.3) is 0 Å². The summed E-state index contributed by atoms with van der Waals surface area (Å²) in [5, 5.41) is 0. The number of rotatable bonds is 3. The topological polar surface area (TPSA) is 55.3 Å². The molecule has 6 heteroatoms. The van der Waals surface area contributed by atoms with Crippen molar-refractivity contribution < 1.29 is 13.9 Å². The van der Waals surface area contributed by atoms with Gasteiger partial charge in [0.15, 0.2) is 11.6 Å². The van der Waals surface area contributed by atoms with E-state index >= 15 is 0 Å². The van der Waals surface area contributed by atoms with Crippen molar-refractivity contribution >= 4 is 5.91 Å². The Hall–Kier alpha value is -2.50. The highest BCUT2D eigenvalue weighted by Crippen LogP contribution is 2.28. The molecule has 0 bridgehead atoms. The Kier molecular flexibility index (Phi) is 4.50. The molecule has 1 atom stereocenters. The number of ether oxygens (including phenoxy) is 1. The van der Waals surface area contributed by atoms with Crippen LogP contribution in [0, 0.1) is 5.82 Å². The maximum absolute atomic E-state index is 13.7. The fraction of sp³-hybridized carbons (Fsp3) is 0.353. The Morgan fingerprint density at radius 3 is 2.96 bits per heavy atom. The molecule has 0 N–H and O–H groups in total. The van der Waals surface area contributed by atoms with Crippen molar-refractivity contribution in [2.45, 2.75) is 25.7 Å². The lowest BCUT2D eigenvalue weighted by Gasteiger charge is -2.31. The number of hydrogen-bond acceptors (Lipinski definition) is 4. The molecule has 2 aromatic rings. The summed E-state index contributed by atoms with van der Waals surface area (Å²) < 4.78 is 19.1. The molecule has 1 fully saturated rings. The van der Waals surface area contributed by atoms with Gasteiger partial charge in [-0.1, -0.05) is 12.1 Å². The molecule has 1 aliphatic rings. The van der Waals surface area contributed by atoms with Crippen molar-refractivity contribution in [3.05, 3.63) is 48.2 Å². The van der Waals surface area contributed by atoms with Gasteiger partial charge in [0.05, 0.1) is 11.9 Å². The highest BCUT2D eigenvalue weighted by molar-refractivity contribution is 5.73. The number of amides is 1. The van der Waals surface area contributed by atoms with Gasteiger partial charge >= 0.3 is 0 Å². The number of hydrogen-bond donors (Lipinski definition) is 0. The van der Waals surface area contributed by atoms with Gasteiger partial charge in [0.1, 0.15) is 0 Å². The van der Waals surface area contributed by atoms with Crippen LogP contribution in [0.25, 0.3) is 0 Å². The molecule has 1 aromatic heterocycles. The van der Waals surface area contributed by atoms with E-state index in [9.17, 15) is 9.18 Å². The first-order valence-corrected chi connectivity index (χ1v) is 7.63. The molecule has 1 saturated heterocycles. The minimum atomic E-state index is -0.444. The molecule has 0 saturated carbocycles. The quantitative estimate of drug-likeness (QED) is 0.873. The Labute approximate surface area is 134 Å². The van der Waals surface area contributed by atoms with E-state index in [2.05, 4.69) is 9.97 Å². The number of halogens is 1. The average molecular weight is 315 g/mol. The summed E-state index contributed by atoms with van der Waals surface area (Å²) in [7, 11) is 0. The standard InChI is InChI=1S/C17H18FN3O2/c1-12(22)21-8-4-5-13(11-21)15-9-19-10-17(20-15)23-16-7-3-2-6-14(16)18/h2-3,6-7,9-10,13H,4-5,8,11H2,1H3. The van der Waals surface area contributed by atoms with Gasteiger partial charge in [-0.05, 0) is 25.0 Å². The molecule has 0 spiro atoms. The third-order valence-electron chi connectivity index (χ3n) is 3.97. The summed E-state index contributed by atoms with van der Waals surface area (Å²) in [6, 6.07) is 6.17. The van der Waals surface area contributed by atoms with E-state index in [-0.39, 0.29) is 23.5 Å². The van der Waals surface area contributed by atoms with Gasteiger partial charge in [-0.2, -0.15) is 0 Å². The summed E-state index contributed by atoms with van der Waals surface area (Å²) in [4.78, 5) is 21.9. The van der Waals surface area contributed by atoms with E-state index in [4.69, 9.17) is 4.74 Å².